The van der Waals surface area contributed by atoms with Gasteiger partial charge in [0.25, 0.3) is 0 Å². The Kier molecular flexibility index (Phi) is 2.08. The maximum absolute atomic E-state index is 11.4. The molecule has 0 aromatic heterocycles. The molecular formula is C8H13NO3. The summed E-state index contributed by atoms with van der Waals surface area (Å²) >= 11 is 0. The Bertz CT molecular complexity index is 222. The highest BCUT2D eigenvalue weighted by molar-refractivity contribution is 5.87. The number of carbonyl (C=O) groups is 2. The number of nitrogens with zero attached hydrogens (tertiary/aromatic N) is 1. The summed E-state index contributed by atoms with van der Waals surface area (Å²) < 4.78 is 0. The largest absolute Gasteiger partial charge is 0.480 e. The number of amides is 1. The Morgan fingerprint density at radius 2 is 2.25 bits per heavy atom. The first-order valence-electron chi connectivity index (χ1n) is 3.95. The molecule has 1 aliphatic rings. The van der Waals surface area contributed by atoms with Crippen molar-refractivity contribution in [3.05, 3.63) is 0 Å². The average Bonchev–Trinajstić information content (AvgIpc) is 2.15. The zero-order valence-electron chi connectivity index (χ0n) is 7.33. The number of hydrogen-bond acceptors (Lipinski definition) is 2. The third kappa shape index (κ3) is 1.57. The van der Waals surface area contributed by atoms with Crippen LogP contribution in [0.1, 0.15) is 20.3 Å². The molecule has 0 spiro atoms. The number of aliphatic carboxylic acids is 1. The minimum atomic E-state index is -0.943. The van der Waals surface area contributed by atoms with E-state index >= 15 is 0 Å². The third-order valence-electron chi connectivity index (χ3n) is 2.20. The van der Waals surface area contributed by atoms with Crippen molar-refractivity contribution in [3.8, 4) is 0 Å². The number of rotatable bonds is 2. The molecule has 0 unspecified atom stereocenters. The molecule has 1 heterocycles. The van der Waals surface area contributed by atoms with Gasteiger partial charge in [0.05, 0.1) is 0 Å². The van der Waals surface area contributed by atoms with Crippen LogP contribution < -0.4 is 0 Å². The molecule has 1 fully saturated rings. The fourth-order valence-electron chi connectivity index (χ4n) is 1.37. The van der Waals surface area contributed by atoms with Gasteiger partial charge >= 0.3 is 5.97 Å². The van der Waals surface area contributed by atoms with E-state index in [2.05, 4.69) is 0 Å². The van der Waals surface area contributed by atoms with Gasteiger partial charge < -0.3 is 10.0 Å². The molecule has 1 rings (SSSR count). The van der Waals surface area contributed by atoms with Gasteiger partial charge in [-0.2, -0.15) is 0 Å². The van der Waals surface area contributed by atoms with Gasteiger partial charge in [0.2, 0.25) is 5.91 Å². The fraction of sp³-hybridized carbons (Fsp3) is 0.750. The molecule has 68 valence electrons. The van der Waals surface area contributed by atoms with Crippen molar-refractivity contribution >= 4 is 11.9 Å². The van der Waals surface area contributed by atoms with E-state index in [0.717, 1.165) is 6.42 Å². The number of likely N-dealkylation sites (tertiary alicyclic amines) is 1. The second-order valence-corrected chi connectivity index (χ2v) is 3.75. The molecule has 0 radical (unpaired) electrons. The number of carboxylic acid groups (broad SMARTS) is 1. The Morgan fingerprint density at radius 3 is 2.58 bits per heavy atom. The van der Waals surface area contributed by atoms with Crippen LogP contribution in [0.2, 0.25) is 0 Å². The van der Waals surface area contributed by atoms with Crippen LogP contribution in [0.15, 0.2) is 0 Å². The molecular weight excluding hydrogens is 158 g/mol. The lowest BCUT2D eigenvalue weighted by molar-refractivity contribution is -0.144. The van der Waals surface area contributed by atoms with Crippen LogP contribution in [0.4, 0.5) is 0 Å². The van der Waals surface area contributed by atoms with Crippen molar-refractivity contribution in [1.82, 2.24) is 4.90 Å². The highest BCUT2D eigenvalue weighted by Gasteiger charge is 2.38. The number of hydrogen-bond donors (Lipinski definition) is 1. The summed E-state index contributed by atoms with van der Waals surface area (Å²) in [6.07, 6.45) is 0.749. The summed E-state index contributed by atoms with van der Waals surface area (Å²) in [4.78, 5) is 23.1. The molecule has 0 bridgehead atoms. The summed E-state index contributed by atoms with van der Waals surface area (Å²) in [5.74, 6) is -0.994. The zero-order valence-corrected chi connectivity index (χ0v) is 7.33. The van der Waals surface area contributed by atoms with E-state index in [9.17, 15) is 9.59 Å². The first-order chi connectivity index (χ1) is 5.43. The third-order valence-corrected chi connectivity index (χ3v) is 2.20. The molecule has 4 nitrogen and oxygen atoms in total. The van der Waals surface area contributed by atoms with Gasteiger partial charge in [-0.25, -0.2) is 0 Å². The van der Waals surface area contributed by atoms with Crippen molar-refractivity contribution in [1.29, 1.82) is 0 Å². The van der Waals surface area contributed by atoms with Crippen LogP contribution in [-0.4, -0.2) is 35.0 Å². The minimum absolute atomic E-state index is 0.0510. The Balaban J connectivity index is 2.62. The van der Waals surface area contributed by atoms with Crippen LogP contribution in [0.5, 0.6) is 0 Å². The molecule has 1 aliphatic heterocycles. The Labute approximate surface area is 71.2 Å². The smallest absolute Gasteiger partial charge is 0.323 e. The van der Waals surface area contributed by atoms with E-state index in [-0.39, 0.29) is 17.9 Å². The monoisotopic (exact) mass is 171 g/mol. The summed E-state index contributed by atoms with van der Waals surface area (Å²) in [5, 5.41) is 8.47. The number of carbonyl (C=O) groups excluding carboxylic acids is 1. The molecule has 0 aromatic carbocycles. The lowest BCUT2D eigenvalue weighted by Gasteiger charge is -2.17. The van der Waals surface area contributed by atoms with E-state index < -0.39 is 5.97 Å². The van der Waals surface area contributed by atoms with Gasteiger partial charge in [-0.15, -0.1) is 0 Å². The van der Waals surface area contributed by atoms with Gasteiger partial charge in [-0.05, 0) is 6.42 Å². The highest BCUT2D eigenvalue weighted by Crippen LogP contribution is 2.29. The van der Waals surface area contributed by atoms with Gasteiger partial charge in [0, 0.05) is 12.0 Å². The van der Waals surface area contributed by atoms with E-state index in [4.69, 9.17) is 5.11 Å². The Hall–Kier alpha value is -1.06. The first-order valence-corrected chi connectivity index (χ1v) is 3.95. The second kappa shape index (κ2) is 2.77. The van der Waals surface area contributed by atoms with E-state index in [1.54, 1.807) is 0 Å². The molecule has 4 heteroatoms. The molecule has 0 aromatic rings. The molecule has 0 saturated carbocycles. The molecule has 1 amide bonds. The summed E-state index contributed by atoms with van der Waals surface area (Å²) in [5.41, 5.74) is -0.366. The van der Waals surface area contributed by atoms with Crippen molar-refractivity contribution in [2.75, 3.05) is 13.1 Å². The average molecular weight is 171 g/mol. The van der Waals surface area contributed by atoms with Crippen LogP contribution in [0.3, 0.4) is 0 Å². The van der Waals surface area contributed by atoms with E-state index in [1.807, 2.05) is 13.8 Å². The van der Waals surface area contributed by atoms with E-state index in [0.29, 0.717) is 6.54 Å². The molecule has 12 heavy (non-hydrogen) atoms. The van der Waals surface area contributed by atoms with Crippen molar-refractivity contribution in [3.63, 3.8) is 0 Å². The van der Waals surface area contributed by atoms with Crippen LogP contribution in [0.25, 0.3) is 0 Å². The lowest BCUT2D eigenvalue weighted by atomic mass is 9.92. The van der Waals surface area contributed by atoms with E-state index in [1.165, 1.54) is 4.90 Å². The fourth-order valence-corrected chi connectivity index (χ4v) is 1.37. The molecule has 1 saturated heterocycles. The zero-order chi connectivity index (χ0) is 9.35. The number of carboxylic acids is 1. The summed E-state index contributed by atoms with van der Waals surface area (Å²) in [6, 6.07) is 0. The first kappa shape index (κ1) is 9.03. The van der Waals surface area contributed by atoms with Crippen molar-refractivity contribution in [2.24, 2.45) is 5.41 Å². The van der Waals surface area contributed by atoms with Gasteiger partial charge in [-0.3, -0.25) is 9.59 Å². The molecule has 0 atom stereocenters. The van der Waals surface area contributed by atoms with Crippen LogP contribution in [0, 0.1) is 5.41 Å². The SMILES string of the molecule is CC1(C)CCN(CC(=O)O)C1=O. The summed E-state index contributed by atoms with van der Waals surface area (Å²) in [7, 11) is 0. The van der Waals surface area contributed by atoms with Gasteiger partial charge in [0.1, 0.15) is 6.54 Å². The lowest BCUT2D eigenvalue weighted by Crippen LogP contribution is -2.34. The quantitative estimate of drug-likeness (QED) is 0.651. The summed E-state index contributed by atoms with van der Waals surface area (Å²) in [6.45, 7) is 4.09. The van der Waals surface area contributed by atoms with Crippen LogP contribution >= 0.6 is 0 Å². The van der Waals surface area contributed by atoms with Gasteiger partial charge in [-0.1, -0.05) is 13.8 Å². The molecule has 0 aliphatic carbocycles. The topological polar surface area (TPSA) is 57.6 Å². The second-order valence-electron chi connectivity index (χ2n) is 3.75. The van der Waals surface area contributed by atoms with Gasteiger partial charge in [0.15, 0.2) is 0 Å². The predicted molar refractivity (Wildman–Crippen MR) is 42.6 cm³/mol. The maximum atomic E-state index is 11.4. The minimum Gasteiger partial charge on any atom is -0.480 e. The standard InChI is InChI=1S/C8H13NO3/c1-8(2)3-4-9(7(8)12)5-6(10)11/h3-5H2,1-2H3,(H,10,11). The maximum Gasteiger partial charge on any atom is 0.323 e. The normalized spacial score (nSPS) is 21.5. The predicted octanol–water partition coefficient (Wildman–Crippen LogP) is 0.330. The van der Waals surface area contributed by atoms with Crippen molar-refractivity contribution in [2.45, 2.75) is 20.3 Å². The van der Waals surface area contributed by atoms with Crippen LogP contribution in [-0.2, 0) is 9.59 Å². The molecule has 1 N–H and O–H groups in total. The highest BCUT2D eigenvalue weighted by atomic mass is 16.4. The van der Waals surface area contributed by atoms with Crippen molar-refractivity contribution < 1.29 is 14.7 Å². The Morgan fingerprint density at radius 1 is 1.67 bits per heavy atom.